The maximum absolute atomic E-state index is 12.8. The quantitative estimate of drug-likeness (QED) is 0.400. The highest BCUT2D eigenvalue weighted by atomic mass is 16.6. The molecule has 0 bridgehead atoms. The summed E-state index contributed by atoms with van der Waals surface area (Å²) in [6.07, 6.45) is 0. The third-order valence-corrected chi connectivity index (χ3v) is 4.42. The van der Waals surface area contributed by atoms with Crippen molar-refractivity contribution in [1.82, 2.24) is 4.98 Å². The van der Waals surface area contributed by atoms with Gasteiger partial charge in [0.2, 0.25) is 0 Å². The van der Waals surface area contributed by atoms with Crippen LogP contribution in [0.15, 0.2) is 91.0 Å². The number of pyridine rings is 1. The molecule has 5 nitrogen and oxygen atoms in total. The van der Waals surface area contributed by atoms with Crippen LogP contribution in [-0.4, -0.2) is 23.5 Å². The second-order valence-corrected chi connectivity index (χ2v) is 6.42. The number of carbonyl (C=O) groups is 2. The van der Waals surface area contributed by atoms with Crippen LogP contribution in [0, 0.1) is 0 Å². The van der Waals surface area contributed by atoms with Crippen LogP contribution in [0.4, 0.5) is 5.69 Å². The van der Waals surface area contributed by atoms with Crippen molar-refractivity contribution in [2.45, 2.75) is 0 Å². The number of esters is 2. The number of anilines is 1. The van der Waals surface area contributed by atoms with Crippen molar-refractivity contribution in [2.24, 2.45) is 0 Å². The normalized spacial score (nSPS) is 10.5. The lowest BCUT2D eigenvalue weighted by molar-refractivity contribution is -0.135. The van der Waals surface area contributed by atoms with Gasteiger partial charge in [0, 0.05) is 16.6 Å². The number of benzene rings is 3. The van der Waals surface area contributed by atoms with E-state index in [1.165, 1.54) is 0 Å². The molecule has 0 fully saturated rings. The van der Waals surface area contributed by atoms with Crippen molar-refractivity contribution in [3.05, 3.63) is 96.6 Å². The van der Waals surface area contributed by atoms with Crippen LogP contribution < -0.4 is 5.32 Å². The minimum atomic E-state index is -0.694. The molecule has 29 heavy (non-hydrogen) atoms. The second-order valence-electron chi connectivity index (χ2n) is 6.42. The Hall–Kier alpha value is -3.99. The van der Waals surface area contributed by atoms with E-state index in [-0.39, 0.29) is 6.54 Å². The van der Waals surface area contributed by atoms with Gasteiger partial charge in [0.15, 0.2) is 0 Å². The van der Waals surface area contributed by atoms with Crippen LogP contribution in [0.3, 0.4) is 0 Å². The van der Waals surface area contributed by atoms with Gasteiger partial charge in [-0.3, -0.25) is 0 Å². The highest BCUT2D eigenvalue weighted by molar-refractivity contribution is 6.07. The van der Waals surface area contributed by atoms with Crippen LogP contribution in [0.25, 0.3) is 22.2 Å². The fourth-order valence-corrected chi connectivity index (χ4v) is 3.03. The van der Waals surface area contributed by atoms with E-state index < -0.39 is 11.9 Å². The molecule has 1 N–H and O–H groups in total. The maximum atomic E-state index is 12.8. The van der Waals surface area contributed by atoms with Crippen LogP contribution in [0.1, 0.15) is 10.4 Å². The fourth-order valence-electron chi connectivity index (χ4n) is 3.03. The smallest absolute Gasteiger partial charge is 0.346 e. The van der Waals surface area contributed by atoms with Crippen molar-refractivity contribution < 1.29 is 14.3 Å². The lowest BCUT2D eigenvalue weighted by atomic mass is 10.0. The molecule has 5 heteroatoms. The monoisotopic (exact) mass is 382 g/mol. The minimum Gasteiger partial charge on any atom is -0.388 e. The van der Waals surface area contributed by atoms with Crippen molar-refractivity contribution in [2.75, 3.05) is 11.9 Å². The summed E-state index contributed by atoms with van der Waals surface area (Å²) in [7, 11) is 0. The largest absolute Gasteiger partial charge is 0.388 e. The lowest BCUT2D eigenvalue weighted by Gasteiger charge is -2.10. The lowest BCUT2D eigenvalue weighted by Crippen LogP contribution is -2.21. The van der Waals surface area contributed by atoms with E-state index in [4.69, 9.17) is 4.74 Å². The van der Waals surface area contributed by atoms with Crippen LogP contribution in [0.5, 0.6) is 0 Å². The van der Waals surface area contributed by atoms with Gasteiger partial charge in [-0.2, -0.15) is 0 Å². The Kier molecular flexibility index (Phi) is 5.29. The number of nitrogens with one attached hydrogen (secondary N) is 1. The molecule has 0 unspecified atom stereocenters. The molecule has 0 spiro atoms. The van der Waals surface area contributed by atoms with Gasteiger partial charge in [0.1, 0.15) is 6.54 Å². The summed E-state index contributed by atoms with van der Waals surface area (Å²) >= 11 is 0. The molecule has 0 saturated carbocycles. The number of hydrogen-bond acceptors (Lipinski definition) is 5. The third-order valence-electron chi connectivity index (χ3n) is 4.42. The van der Waals surface area contributed by atoms with Gasteiger partial charge in [0.05, 0.1) is 16.8 Å². The molecular formula is C24H18N2O3. The predicted molar refractivity (Wildman–Crippen MR) is 113 cm³/mol. The van der Waals surface area contributed by atoms with E-state index in [9.17, 15) is 9.59 Å². The van der Waals surface area contributed by atoms with E-state index >= 15 is 0 Å². The van der Waals surface area contributed by atoms with Gasteiger partial charge >= 0.3 is 11.9 Å². The molecule has 0 saturated heterocycles. The van der Waals surface area contributed by atoms with E-state index in [0.717, 1.165) is 11.3 Å². The van der Waals surface area contributed by atoms with Gasteiger partial charge in [-0.25, -0.2) is 14.6 Å². The first kappa shape index (κ1) is 18.4. The topological polar surface area (TPSA) is 68.3 Å². The van der Waals surface area contributed by atoms with Crippen LogP contribution in [-0.2, 0) is 9.53 Å². The highest BCUT2D eigenvalue weighted by Crippen LogP contribution is 2.25. The summed E-state index contributed by atoms with van der Waals surface area (Å²) in [6, 6.07) is 27.8. The van der Waals surface area contributed by atoms with Crippen molar-refractivity contribution in [1.29, 1.82) is 0 Å². The summed E-state index contributed by atoms with van der Waals surface area (Å²) in [4.78, 5) is 29.6. The van der Waals surface area contributed by atoms with E-state index in [2.05, 4.69) is 10.3 Å². The zero-order valence-electron chi connectivity index (χ0n) is 15.5. The Morgan fingerprint density at radius 2 is 1.48 bits per heavy atom. The van der Waals surface area contributed by atoms with Crippen molar-refractivity contribution in [3.8, 4) is 11.3 Å². The number of nitrogens with zero attached hydrogens (tertiary/aromatic N) is 1. The Balaban J connectivity index is 1.58. The van der Waals surface area contributed by atoms with Crippen LogP contribution in [0.2, 0.25) is 0 Å². The summed E-state index contributed by atoms with van der Waals surface area (Å²) in [6.45, 7) is -0.107. The molecule has 3 aromatic carbocycles. The summed E-state index contributed by atoms with van der Waals surface area (Å²) in [5.41, 5.74) is 3.27. The van der Waals surface area contributed by atoms with Gasteiger partial charge in [-0.05, 0) is 24.3 Å². The summed E-state index contributed by atoms with van der Waals surface area (Å²) < 4.78 is 5.09. The number of aromatic nitrogens is 1. The number of hydrogen-bond donors (Lipinski definition) is 1. The molecule has 4 aromatic rings. The average Bonchev–Trinajstić information content (AvgIpc) is 2.78. The first-order valence-electron chi connectivity index (χ1n) is 9.20. The number of ether oxygens (including phenoxy) is 1. The predicted octanol–water partition coefficient (Wildman–Crippen LogP) is 4.70. The molecule has 0 aliphatic heterocycles. The molecule has 0 amide bonds. The standard InChI is InChI=1S/C24H18N2O3/c27-23(16-25-18-11-5-2-6-12-18)29-24(28)20-15-22(17-9-3-1-4-10-17)26-21-14-8-7-13-19(20)21/h1-15,25H,16H2. The summed E-state index contributed by atoms with van der Waals surface area (Å²) in [5, 5.41) is 3.58. The zero-order valence-corrected chi connectivity index (χ0v) is 15.5. The molecule has 4 rings (SSSR count). The number of rotatable bonds is 5. The zero-order chi connectivity index (χ0) is 20.1. The Bertz CT molecular complexity index is 1160. The molecule has 0 aliphatic rings. The molecule has 142 valence electrons. The molecule has 0 aliphatic carbocycles. The van der Waals surface area contributed by atoms with Gasteiger partial charge in [0.25, 0.3) is 0 Å². The van der Waals surface area contributed by atoms with E-state index in [1.54, 1.807) is 12.1 Å². The molecule has 0 radical (unpaired) electrons. The van der Waals surface area contributed by atoms with Crippen molar-refractivity contribution >= 4 is 28.5 Å². The molecule has 1 heterocycles. The number of fused-ring (bicyclic) bond motifs is 1. The van der Waals surface area contributed by atoms with Gasteiger partial charge in [-0.15, -0.1) is 0 Å². The molecular weight excluding hydrogens is 364 g/mol. The minimum absolute atomic E-state index is 0.107. The van der Waals surface area contributed by atoms with E-state index in [0.29, 0.717) is 22.2 Å². The Morgan fingerprint density at radius 3 is 2.24 bits per heavy atom. The highest BCUT2D eigenvalue weighted by Gasteiger charge is 2.18. The van der Waals surface area contributed by atoms with Crippen molar-refractivity contribution in [3.63, 3.8) is 0 Å². The Morgan fingerprint density at radius 1 is 0.828 bits per heavy atom. The molecule has 0 atom stereocenters. The first-order valence-corrected chi connectivity index (χ1v) is 9.20. The second kappa shape index (κ2) is 8.35. The van der Waals surface area contributed by atoms with Gasteiger partial charge in [-0.1, -0.05) is 66.7 Å². The van der Waals surface area contributed by atoms with Crippen LogP contribution >= 0.6 is 0 Å². The number of para-hydroxylation sites is 2. The Labute approximate surface area is 168 Å². The SMILES string of the molecule is O=C(CNc1ccccc1)OC(=O)c1cc(-c2ccccc2)nc2ccccc12. The summed E-state index contributed by atoms with van der Waals surface area (Å²) in [5.74, 6) is -1.35. The maximum Gasteiger partial charge on any atom is 0.346 e. The third kappa shape index (κ3) is 4.30. The fraction of sp³-hybridized carbons (Fsp3) is 0.0417. The first-order chi connectivity index (χ1) is 14.2. The van der Waals surface area contributed by atoms with E-state index in [1.807, 2.05) is 78.9 Å². The van der Waals surface area contributed by atoms with Gasteiger partial charge < -0.3 is 10.1 Å². The average molecular weight is 382 g/mol. The molecule has 1 aromatic heterocycles. The number of carbonyl (C=O) groups excluding carboxylic acids is 2.